The van der Waals surface area contributed by atoms with Gasteiger partial charge in [-0.3, -0.25) is 15.0 Å². The Kier molecular flexibility index (Phi) is 4.51. The van der Waals surface area contributed by atoms with Crippen LogP contribution < -0.4 is 5.43 Å². The van der Waals surface area contributed by atoms with Crippen molar-refractivity contribution in [3.63, 3.8) is 0 Å². The maximum atomic E-state index is 12.9. The van der Waals surface area contributed by atoms with Gasteiger partial charge in [0.25, 0.3) is 5.91 Å². The summed E-state index contributed by atoms with van der Waals surface area (Å²) in [4.78, 5) is 39.0. The van der Waals surface area contributed by atoms with Gasteiger partial charge >= 0.3 is 6.09 Å². The van der Waals surface area contributed by atoms with Crippen LogP contribution in [0.2, 0.25) is 0 Å². The molecule has 7 nitrogen and oxygen atoms in total. The third kappa shape index (κ3) is 3.65. The summed E-state index contributed by atoms with van der Waals surface area (Å²) in [5.41, 5.74) is 2.24. The molecule has 2 aliphatic heterocycles. The summed E-state index contributed by atoms with van der Waals surface area (Å²) < 4.78 is 5.47. The molecule has 0 aromatic heterocycles. The first-order valence-corrected chi connectivity index (χ1v) is 9.01. The average molecular weight is 349 g/mol. The van der Waals surface area contributed by atoms with Crippen molar-refractivity contribution >= 4 is 17.9 Å². The Bertz CT molecular complexity index is 622. The summed E-state index contributed by atoms with van der Waals surface area (Å²) in [7, 11) is 0. The fraction of sp³-hybridized carbons (Fsp3) is 0.722. The van der Waals surface area contributed by atoms with E-state index < -0.39 is 17.2 Å². The molecule has 1 N–H and O–H groups in total. The molecule has 3 rings (SSSR count). The Morgan fingerprint density at radius 3 is 2.68 bits per heavy atom. The number of allylic oxidation sites excluding steroid dienone is 1. The molecular formula is C18H27N3O4. The van der Waals surface area contributed by atoms with E-state index in [1.807, 2.05) is 26.8 Å². The number of carbonyl (C=O) groups excluding carboxylic acids is 3. The predicted octanol–water partition coefficient (Wildman–Crippen LogP) is 2.13. The molecule has 1 aliphatic carbocycles. The summed E-state index contributed by atoms with van der Waals surface area (Å²) in [6, 6.07) is 0. The van der Waals surface area contributed by atoms with Crippen molar-refractivity contribution in [1.29, 1.82) is 0 Å². The third-order valence-electron chi connectivity index (χ3n) is 4.93. The molecule has 0 radical (unpaired) electrons. The molecule has 1 unspecified atom stereocenters. The minimum absolute atomic E-state index is 0.130. The molecule has 2 fully saturated rings. The molecule has 0 bridgehead atoms. The van der Waals surface area contributed by atoms with E-state index in [4.69, 9.17) is 4.74 Å². The predicted molar refractivity (Wildman–Crippen MR) is 91.3 cm³/mol. The highest BCUT2D eigenvalue weighted by Crippen LogP contribution is 2.36. The van der Waals surface area contributed by atoms with E-state index in [1.54, 1.807) is 4.90 Å². The van der Waals surface area contributed by atoms with Gasteiger partial charge in [-0.15, -0.1) is 0 Å². The first-order valence-electron chi connectivity index (χ1n) is 9.01. The summed E-state index contributed by atoms with van der Waals surface area (Å²) in [5, 5.41) is 1.49. The molecule has 0 aromatic rings. The average Bonchev–Trinajstić information content (AvgIpc) is 3.13. The molecule has 1 atom stereocenters. The number of nitrogens with zero attached hydrogens (tertiary/aromatic N) is 2. The molecule has 2 heterocycles. The van der Waals surface area contributed by atoms with Crippen LogP contribution in [-0.2, 0) is 14.3 Å². The minimum Gasteiger partial charge on any atom is -0.444 e. The zero-order valence-electron chi connectivity index (χ0n) is 15.3. The van der Waals surface area contributed by atoms with E-state index in [0.717, 1.165) is 31.3 Å². The molecule has 25 heavy (non-hydrogen) atoms. The van der Waals surface area contributed by atoms with Crippen LogP contribution in [-0.4, -0.2) is 52.0 Å². The molecule has 3 aliphatic rings. The second-order valence-corrected chi connectivity index (χ2v) is 8.20. The molecule has 0 aromatic carbocycles. The van der Waals surface area contributed by atoms with Crippen molar-refractivity contribution in [2.45, 2.75) is 70.4 Å². The van der Waals surface area contributed by atoms with Crippen molar-refractivity contribution < 1.29 is 19.1 Å². The minimum atomic E-state index is -0.674. The molecule has 3 amide bonds. The van der Waals surface area contributed by atoms with Crippen LogP contribution in [0.15, 0.2) is 11.6 Å². The Morgan fingerprint density at radius 2 is 2.04 bits per heavy atom. The Hall–Kier alpha value is -2.05. The number of likely N-dealkylation sites (tertiary alicyclic amines) is 1. The quantitative estimate of drug-likeness (QED) is 0.786. The lowest BCUT2D eigenvalue weighted by Crippen LogP contribution is -2.61. The fourth-order valence-electron chi connectivity index (χ4n) is 3.86. The number of rotatable bonds is 1. The lowest BCUT2D eigenvalue weighted by atomic mass is 9.86. The Morgan fingerprint density at radius 1 is 1.28 bits per heavy atom. The van der Waals surface area contributed by atoms with Crippen molar-refractivity contribution in [3.8, 4) is 0 Å². The van der Waals surface area contributed by atoms with E-state index in [9.17, 15) is 14.4 Å². The van der Waals surface area contributed by atoms with Gasteiger partial charge in [0.15, 0.2) is 0 Å². The smallest absolute Gasteiger partial charge is 0.410 e. The van der Waals surface area contributed by atoms with E-state index >= 15 is 0 Å². The van der Waals surface area contributed by atoms with Gasteiger partial charge in [-0.05, 0) is 52.9 Å². The van der Waals surface area contributed by atoms with Crippen LogP contribution in [0, 0.1) is 0 Å². The van der Waals surface area contributed by atoms with Gasteiger partial charge in [0.2, 0.25) is 5.91 Å². The van der Waals surface area contributed by atoms with Crippen molar-refractivity contribution in [1.82, 2.24) is 15.3 Å². The lowest BCUT2D eigenvalue weighted by Gasteiger charge is -2.44. The van der Waals surface area contributed by atoms with Gasteiger partial charge in [-0.2, -0.15) is 0 Å². The second-order valence-electron chi connectivity index (χ2n) is 8.20. The first kappa shape index (κ1) is 17.8. The number of ether oxygens (including phenoxy) is 1. The Balaban J connectivity index is 1.79. The summed E-state index contributed by atoms with van der Waals surface area (Å²) in [5.74, 6) is -0.299. The highest BCUT2D eigenvalue weighted by Gasteiger charge is 2.51. The van der Waals surface area contributed by atoms with Crippen molar-refractivity contribution in [3.05, 3.63) is 11.6 Å². The van der Waals surface area contributed by atoms with E-state index in [0.29, 0.717) is 19.5 Å². The zero-order valence-corrected chi connectivity index (χ0v) is 15.3. The number of hydrazine groups is 1. The van der Waals surface area contributed by atoms with Crippen molar-refractivity contribution in [2.75, 3.05) is 13.1 Å². The summed E-state index contributed by atoms with van der Waals surface area (Å²) in [6.45, 7) is 6.38. The van der Waals surface area contributed by atoms with E-state index in [-0.39, 0.29) is 18.2 Å². The van der Waals surface area contributed by atoms with Gasteiger partial charge < -0.3 is 9.64 Å². The van der Waals surface area contributed by atoms with Gasteiger partial charge in [-0.25, -0.2) is 9.80 Å². The topological polar surface area (TPSA) is 79.0 Å². The normalized spacial score (nSPS) is 26.7. The van der Waals surface area contributed by atoms with Gasteiger partial charge in [0, 0.05) is 18.7 Å². The number of piperidine rings is 1. The number of nitrogens with one attached hydrogen (secondary N) is 1. The third-order valence-corrected chi connectivity index (χ3v) is 4.93. The monoisotopic (exact) mass is 349 g/mol. The first-order chi connectivity index (χ1) is 11.7. The highest BCUT2D eigenvalue weighted by molar-refractivity contribution is 5.97. The molecular weight excluding hydrogens is 322 g/mol. The molecule has 1 spiro atoms. The number of carbonyl (C=O) groups is 3. The lowest BCUT2D eigenvalue weighted by molar-refractivity contribution is -0.139. The molecule has 0 saturated carbocycles. The number of amides is 3. The van der Waals surface area contributed by atoms with Gasteiger partial charge in [0.1, 0.15) is 5.60 Å². The standard InChI is InChI=1S/C18H27N3O4/c1-17(2,3)25-16(24)20-10-6-9-18(12-20)11-14(22)19-21(18)15(23)13-7-4-5-8-13/h7H,4-6,8-12H2,1-3H3,(H,19,22). The van der Waals surface area contributed by atoms with Crippen molar-refractivity contribution in [2.24, 2.45) is 0 Å². The SMILES string of the molecule is CC(C)(C)OC(=O)N1CCCC2(CC(=O)NN2C(=O)C2=CCCC2)C1. The van der Waals surface area contributed by atoms with Crippen LogP contribution in [0.25, 0.3) is 0 Å². The van der Waals surface area contributed by atoms with E-state index in [2.05, 4.69) is 5.43 Å². The maximum absolute atomic E-state index is 12.9. The largest absolute Gasteiger partial charge is 0.444 e. The van der Waals surface area contributed by atoms with Gasteiger partial charge in [0.05, 0.1) is 12.0 Å². The molecule has 2 saturated heterocycles. The maximum Gasteiger partial charge on any atom is 0.410 e. The highest BCUT2D eigenvalue weighted by atomic mass is 16.6. The van der Waals surface area contributed by atoms with Crippen LogP contribution in [0.3, 0.4) is 0 Å². The molecule has 138 valence electrons. The number of hydrogen-bond acceptors (Lipinski definition) is 4. The van der Waals surface area contributed by atoms with Crippen LogP contribution in [0.4, 0.5) is 4.79 Å². The van der Waals surface area contributed by atoms with E-state index in [1.165, 1.54) is 5.01 Å². The summed E-state index contributed by atoms with van der Waals surface area (Å²) in [6.07, 6.45) is 5.84. The Labute approximate surface area is 148 Å². The zero-order chi connectivity index (χ0) is 18.2. The molecule has 7 heteroatoms. The van der Waals surface area contributed by atoms with Crippen LogP contribution in [0.5, 0.6) is 0 Å². The second kappa shape index (κ2) is 6.35. The number of hydrogen-bond donors (Lipinski definition) is 1. The van der Waals surface area contributed by atoms with Gasteiger partial charge in [-0.1, -0.05) is 6.08 Å². The summed E-state index contributed by atoms with van der Waals surface area (Å²) >= 11 is 0. The van der Waals surface area contributed by atoms with Crippen LogP contribution in [0.1, 0.15) is 59.3 Å². The fourth-order valence-corrected chi connectivity index (χ4v) is 3.86. The van der Waals surface area contributed by atoms with Crippen LogP contribution >= 0.6 is 0 Å².